The number of rotatable bonds is 12. The highest BCUT2D eigenvalue weighted by molar-refractivity contribution is 6.71. The molecule has 0 aromatic heterocycles. The summed E-state index contributed by atoms with van der Waals surface area (Å²) in [7, 11) is 0.337. The van der Waals surface area contributed by atoms with E-state index in [0.717, 1.165) is 30.0 Å². The summed E-state index contributed by atoms with van der Waals surface area (Å²) in [5.41, 5.74) is 8.30. The zero-order valence-corrected chi connectivity index (χ0v) is 25.4. The van der Waals surface area contributed by atoms with Crippen molar-refractivity contribution < 1.29 is 4.43 Å². The van der Waals surface area contributed by atoms with Gasteiger partial charge >= 0.3 is 0 Å². The Morgan fingerprint density at radius 1 is 0.488 bits per heavy atom. The molecule has 0 amide bonds. The fourth-order valence-electron chi connectivity index (χ4n) is 5.18. The average molecular weight is 557 g/mol. The first-order valence-corrected chi connectivity index (χ1v) is 17.6. The van der Waals surface area contributed by atoms with Gasteiger partial charge in [0.15, 0.2) is 8.32 Å². The van der Waals surface area contributed by atoms with Crippen LogP contribution in [0.1, 0.15) is 12.8 Å². The molecule has 0 radical (unpaired) electrons. The summed E-state index contributed by atoms with van der Waals surface area (Å²) in [5, 5.41) is 0. The van der Waals surface area contributed by atoms with Gasteiger partial charge in [0.2, 0.25) is 0 Å². The van der Waals surface area contributed by atoms with E-state index in [1.54, 1.807) is 0 Å². The van der Waals surface area contributed by atoms with Gasteiger partial charge in [0.1, 0.15) is 0 Å². The quantitative estimate of drug-likeness (QED) is 0.112. The topological polar surface area (TPSA) is 15.7 Å². The van der Waals surface area contributed by atoms with E-state index >= 15 is 0 Å². The highest BCUT2D eigenvalue weighted by Crippen LogP contribution is 2.36. The first-order chi connectivity index (χ1) is 20.0. The number of unbranched alkanes of at least 4 members (excludes halogenated alkanes) is 1. The Labute approximate surface area is 246 Å². The van der Waals surface area contributed by atoms with E-state index in [4.69, 9.17) is 4.43 Å². The predicted molar refractivity (Wildman–Crippen MR) is 179 cm³/mol. The second-order valence-corrected chi connectivity index (χ2v) is 15.4. The molecule has 3 nitrogen and oxygen atoms in total. The van der Waals surface area contributed by atoms with Gasteiger partial charge in [-0.1, -0.05) is 85.3 Å². The van der Waals surface area contributed by atoms with E-state index in [0.29, 0.717) is 0 Å². The molecule has 0 aliphatic rings. The minimum Gasteiger partial charge on any atom is -0.420 e. The second kappa shape index (κ2) is 13.5. The predicted octanol–water partition coefficient (Wildman–Crippen LogP) is 10.6. The van der Waals surface area contributed by atoms with Gasteiger partial charge in [0.05, 0.1) is 0 Å². The monoisotopic (exact) mass is 556 g/mol. The highest BCUT2D eigenvalue weighted by Gasteiger charge is 2.20. The second-order valence-electron chi connectivity index (χ2n) is 11.0. The van der Waals surface area contributed by atoms with Gasteiger partial charge in [0.25, 0.3) is 0 Å². The summed E-state index contributed by atoms with van der Waals surface area (Å²) in [6.45, 7) is 5.59. The van der Waals surface area contributed by atoms with Gasteiger partial charge in [0, 0.05) is 42.1 Å². The van der Waals surface area contributed by atoms with E-state index in [9.17, 15) is 0 Å². The lowest BCUT2D eigenvalue weighted by atomic mass is 10.0. The Bertz CT molecular complexity index is 1430. The van der Waals surface area contributed by atoms with Crippen molar-refractivity contribution >= 4 is 36.8 Å². The number of benzene rings is 5. The molecule has 0 atom stereocenters. The summed E-state index contributed by atoms with van der Waals surface area (Å²) >= 11 is 0. The Kier molecular flexibility index (Phi) is 9.35. The molecule has 0 bridgehead atoms. The van der Waals surface area contributed by atoms with Crippen LogP contribution in [0.15, 0.2) is 140 Å². The normalized spacial score (nSPS) is 11.3. The highest BCUT2D eigenvalue weighted by atomic mass is 28.4. The van der Waals surface area contributed by atoms with Gasteiger partial charge in [-0.25, -0.2) is 0 Å². The van der Waals surface area contributed by atoms with Crippen molar-refractivity contribution in [1.29, 1.82) is 0 Å². The Morgan fingerprint density at radius 2 is 0.878 bits per heavy atom. The van der Waals surface area contributed by atoms with Gasteiger partial charge in [-0.05, 0) is 97.3 Å². The van der Waals surface area contributed by atoms with Gasteiger partial charge in [-0.3, -0.25) is 0 Å². The molecule has 41 heavy (non-hydrogen) atoms. The molecule has 5 aromatic rings. The Balaban J connectivity index is 1.35. The number of nitrogens with zero attached hydrogens (tertiary/aromatic N) is 2. The van der Waals surface area contributed by atoms with Crippen LogP contribution in [0.5, 0.6) is 0 Å². The van der Waals surface area contributed by atoms with Crippen LogP contribution < -0.4 is 9.80 Å². The fraction of sp³-hybridized carbons (Fsp3) is 0.189. The van der Waals surface area contributed by atoms with Gasteiger partial charge in [-0.15, -0.1) is 0 Å². The summed E-state index contributed by atoms with van der Waals surface area (Å²) in [4.78, 5) is 4.73. The molecule has 0 N–H and O–H groups in total. The summed E-state index contributed by atoms with van der Waals surface area (Å²) in [6, 6.07) is 50.8. The molecule has 0 saturated heterocycles. The van der Waals surface area contributed by atoms with Crippen LogP contribution in [0.25, 0.3) is 11.1 Å². The third-order valence-corrected chi connectivity index (χ3v) is 10.4. The SMILES string of the molecule is CO[Si](C)(C)CCCCN(c1ccccc1)c1ccc(-c2ccc(N(c3ccccc3)c3ccccc3)cc2)cc1. The minimum atomic E-state index is -1.52. The summed E-state index contributed by atoms with van der Waals surface area (Å²) in [5.74, 6) is 0. The van der Waals surface area contributed by atoms with Crippen LogP contribution >= 0.6 is 0 Å². The van der Waals surface area contributed by atoms with Crippen LogP contribution in [-0.2, 0) is 4.43 Å². The smallest absolute Gasteiger partial charge is 0.186 e. The average Bonchev–Trinajstić information content (AvgIpc) is 3.03. The summed E-state index contributed by atoms with van der Waals surface area (Å²) in [6.07, 6.45) is 2.32. The van der Waals surface area contributed by atoms with Crippen LogP contribution in [0, 0.1) is 0 Å². The van der Waals surface area contributed by atoms with Crippen LogP contribution in [0.3, 0.4) is 0 Å². The maximum absolute atomic E-state index is 5.76. The van der Waals surface area contributed by atoms with Crippen LogP contribution in [0.4, 0.5) is 28.4 Å². The van der Waals surface area contributed by atoms with Crippen LogP contribution in [-0.4, -0.2) is 22.0 Å². The van der Waals surface area contributed by atoms with E-state index in [-0.39, 0.29) is 0 Å². The van der Waals surface area contributed by atoms with Crippen molar-refractivity contribution in [2.45, 2.75) is 32.0 Å². The zero-order valence-electron chi connectivity index (χ0n) is 24.4. The molecule has 0 fully saturated rings. The van der Waals surface area contributed by atoms with Crippen molar-refractivity contribution in [2.75, 3.05) is 23.5 Å². The molecular formula is C37H40N2OSi. The van der Waals surface area contributed by atoms with E-state index in [1.807, 2.05) is 7.11 Å². The molecule has 0 heterocycles. The minimum absolute atomic E-state index is 0.987. The number of anilines is 5. The third kappa shape index (κ3) is 7.34. The van der Waals surface area contributed by atoms with Crippen molar-refractivity contribution in [3.63, 3.8) is 0 Å². The Morgan fingerprint density at radius 3 is 1.34 bits per heavy atom. The maximum Gasteiger partial charge on any atom is 0.186 e. The first kappa shape index (κ1) is 28.4. The van der Waals surface area contributed by atoms with E-state index < -0.39 is 8.32 Å². The van der Waals surface area contributed by atoms with E-state index in [2.05, 4.69) is 162 Å². The maximum atomic E-state index is 5.76. The first-order valence-electron chi connectivity index (χ1n) is 14.5. The zero-order chi connectivity index (χ0) is 28.5. The fourth-order valence-corrected chi connectivity index (χ4v) is 6.48. The van der Waals surface area contributed by atoms with Crippen molar-refractivity contribution in [3.05, 3.63) is 140 Å². The number of hydrogen-bond donors (Lipinski definition) is 0. The van der Waals surface area contributed by atoms with Crippen LogP contribution in [0.2, 0.25) is 19.1 Å². The standard InChI is InChI=1S/C37H40N2OSi/c1-40-41(2,3)30-14-13-29-38(33-15-7-4-8-16-33)34-25-21-31(22-26-34)32-23-27-37(28-24-32)39(35-17-9-5-10-18-35)36-19-11-6-12-20-36/h4-12,15-28H,13-14,29-30H2,1-3H3. The lowest BCUT2D eigenvalue weighted by Crippen LogP contribution is -2.28. The number of para-hydroxylation sites is 3. The Hall–Kier alpha value is -4.12. The molecule has 0 saturated carbocycles. The third-order valence-electron chi connectivity index (χ3n) is 7.70. The largest absolute Gasteiger partial charge is 0.420 e. The molecule has 4 heteroatoms. The molecule has 5 rings (SSSR count). The molecule has 0 aliphatic heterocycles. The van der Waals surface area contributed by atoms with Gasteiger partial charge in [-0.2, -0.15) is 0 Å². The molecule has 208 valence electrons. The molecular weight excluding hydrogens is 517 g/mol. The molecule has 0 aliphatic carbocycles. The lowest BCUT2D eigenvalue weighted by Gasteiger charge is -2.26. The van der Waals surface area contributed by atoms with Crippen molar-refractivity contribution in [2.24, 2.45) is 0 Å². The summed E-state index contributed by atoms with van der Waals surface area (Å²) < 4.78 is 5.76. The van der Waals surface area contributed by atoms with Crippen molar-refractivity contribution in [1.82, 2.24) is 0 Å². The number of hydrogen-bond acceptors (Lipinski definition) is 3. The van der Waals surface area contributed by atoms with Gasteiger partial charge < -0.3 is 14.2 Å². The van der Waals surface area contributed by atoms with Crippen molar-refractivity contribution in [3.8, 4) is 11.1 Å². The molecule has 0 spiro atoms. The molecule has 5 aromatic carbocycles. The molecule has 0 unspecified atom stereocenters. The lowest BCUT2D eigenvalue weighted by molar-refractivity contribution is 0.401. The van der Waals surface area contributed by atoms with E-state index in [1.165, 1.54) is 35.0 Å².